The number of ether oxygens (including phenoxy) is 1. The Hall–Kier alpha value is -3.45. The van der Waals surface area contributed by atoms with E-state index >= 15 is 0 Å². The molecule has 0 aliphatic rings. The van der Waals surface area contributed by atoms with E-state index in [1.165, 1.54) is 0 Å². The second kappa shape index (κ2) is 7.76. The third kappa shape index (κ3) is 3.48. The van der Waals surface area contributed by atoms with Crippen LogP contribution in [-0.4, -0.2) is 33.6 Å². The van der Waals surface area contributed by atoms with Gasteiger partial charge in [-0.15, -0.1) is 11.3 Å². The van der Waals surface area contributed by atoms with Gasteiger partial charge >= 0.3 is 0 Å². The maximum absolute atomic E-state index is 5.29. The summed E-state index contributed by atoms with van der Waals surface area (Å²) in [4.78, 5) is 18.4. The van der Waals surface area contributed by atoms with Crippen LogP contribution < -0.4 is 10.1 Å². The predicted octanol–water partition coefficient (Wildman–Crippen LogP) is 5.21. The molecule has 5 aromatic rings. The molecule has 30 heavy (non-hydrogen) atoms. The Morgan fingerprint density at radius 1 is 1.03 bits per heavy atom. The quantitative estimate of drug-likeness (QED) is 0.398. The van der Waals surface area contributed by atoms with Crippen LogP contribution >= 0.6 is 11.3 Å². The summed E-state index contributed by atoms with van der Waals surface area (Å²) in [6, 6.07) is 16.2. The fourth-order valence-corrected chi connectivity index (χ4v) is 4.58. The molecule has 0 fully saturated rings. The first-order chi connectivity index (χ1) is 14.7. The highest BCUT2D eigenvalue weighted by atomic mass is 32.1. The lowest BCUT2D eigenvalue weighted by Gasteiger charge is -2.09. The van der Waals surface area contributed by atoms with Gasteiger partial charge in [-0.25, -0.2) is 15.0 Å². The van der Waals surface area contributed by atoms with E-state index in [-0.39, 0.29) is 0 Å². The van der Waals surface area contributed by atoms with Crippen molar-refractivity contribution in [3.8, 4) is 16.9 Å². The van der Waals surface area contributed by atoms with Crippen LogP contribution in [0.1, 0.15) is 11.6 Å². The van der Waals surface area contributed by atoms with Crippen molar-refractivity contribution in [2.75, 3.05) is 19.0 Å². The summed E-state index contributed by atoms with van der Waals surface area (Å²) in [5.41, 5.74) is 4.30. The second-order valence-electron chi connectivity index (χ2n) is 7.05. The summed E-state index contributed by atoms with van der Waals surface area (Å²) in [5.74, 6) is 3.43. The lowest BCUT2D eigenvalue weighted by Crippen LogP contribution is -2.08. The van der Waals surface area contributed by atoms with E-state index < -0.39 is 0 Å². The molecule has 0 bridgehead atoms. The number of fused-ring (bicyclic) bond motifs is 2. The Balaban J connectivity index is 1.43. The zero-order valence-corrected chi connectivity index (χ0v) is 17.6. The number of rotatable bonds is 6. The molecule has 0 unspecified atom stereocenters. The maximum atomic E-state index is 5.29. The number of benzene rings is 2. The van der Waals surface area contributed by atoms with Crippen molar-refractivity contribution in [2.24, 2.45) is 0 Å². The number of nitrogens with zero attached hydrogens (tertiary/aromatic N) is 3. The minimum Gasteiger partial charge on any atom is -0.497 e. The third-order valence-corrected chi connectivity index (χ3v) is 5.91. The van der Waals surface area contributed by atoms with Crippen LogP contribution in [0.4, 0.5) is 5.82 Å². The number of thiophene rings is 1. The number of anilines is 1. The van der Waals surface area contributed by atoms with E-state index in [4.69, 9.17) is 9.72 Å². The number of nitrogens with one attached hydrogen (secondary N) is 2. The number of hydrogen-bond donors (Lipinski definition) is 2. The van der Waals surface area contributed by atoms with Crippen LogP contribution in [0.15, 0.2) is 53.9 Å². The summed E-state index contributed by atoms with van der Waals surface area (Å²) in [5, 5.41) is 6.71. The lowest BCUT2D eigenvalue weighted by molar-refractivity contribution is 0.415. The summed E-state index contributed by atoms with van der Waals surface area (Å²) in [6.45, 7) is 2.65. The second-order valence-corrected chi connectivity index (χ2v) is 7.91. The standard InChI is InChI=1S/C23H21N5OS/c1-14-25-22(24-12-11-20-27-18-5-3-4-6-19(18)28-20)21-17(13-30-23(21)26-14)15-7-9-16(29-2)10-8-15/h3-10,13H,11-12H2,1-2H3,(H,27,28)(H,24,25,26). The molecule has 6 nitrogen and oxygen atoms in total. The highest BCUT2D eigenvalue weighted by Crippen LogP contribution is 2.37. The summed E-state index contributed by atoms with van der Waals surface area (Å²) in [7, 11) is 1.68. The van der Waals surface area contributed by atoms with Gasteiger partial charge in [-0.05, 0) is 36.8 Å². The van der Waals surface area contributed by atoms with E-state index in [0.29, 0.717) is 0 Å². The van der Waals surface area contributed by atoms with E-state index in [1.54, 1.807) is 18.4 Å². The van der Waals surface area contributed by atoms with Gasteiger partial charge in [0.15, 0.2) is 0 Å². The van der Waals surface area contributed by atoms with Crippen molar-refractivity contribution in [1.29, 1.82) is 0 Å². The molecule has 0 amide bonds. The van der Waals surface area contributed by atoms with Crippen LogP contribution in [0, 0.1) is 6.92 Å². The zero-order chi connectivity index (χ0) is 20.5. The molecule has 0 spiro atoms. The molecule has 0 aliphatic heterocycles. The highest BCUT2D eigenvalue weighted by molar-refractivity contribution is 7.17. The van der Waals surface area contributed by atoms with Gasteiger partial charge in [-0.1, -0.05) is 24.3 Å². The number of H-pyrrole nitrogens is 1. The average molecular weight is 416 g/mol. The molecular formula is C23H21N5OS. The zero-order valence-electron chi connectivity index (χ0n) is 16.8. The Morgan fingerprint density at radius 2 is 1.87 bits per heavy atom. The first-order valence-electron chi connectivity index (χ1n) is 9.79. The van der Waals surface area contributed by atoms with E-state index in [0.717, 1.165) is 68.6 Å². The molecule has 2 N–H and O–H groups in total. The first-order valence-corrected chi connectivity index (χ1v) is 10.7. The van der Waals surface area contributed by atoms with Gasteiger partial charge in [0, 0.05) is 23.9 Å². The van der Waals surface area contributed by atoms with Gasteiger partial charge in [-0.2, -0.15) is 0 Å². The third-order valence-electron chi connectivity index (χ3n) is 5.04. The minimum atomic E-state index is 0.725. The molecule has 3 aromatic heterocycles. The van der Waals surface area contributed by atoms with Gasteiger partial charge in [0.05, 0.1) is 23.5 Å². The van der Waals surface area contributed by atoms with Crippen molar-refractivity contribution in [1.82, 2.24) is 19.9 Å². The normalized spacial score (nSPS) is 11.3. The number of para-hydroxylation sites is 2. The number of aromatic amines is 1. The predicted molar refractivity (Wildman–Crippen MR) is 122 cm³/mol. The Labute approximate surface area is 178 Å². The van der Waals surface area contributed by atoms with Crippen molar-refractivity contribution >= 4 is 38.4 Å². The monoisotopic (exact) mass is 415 g/mol. The molecule has 3 heterocycles. The van der Waals surface area contributed by atoms with Crippen LogP contribution in [-0.2, 0) is 6.42 Å². The SMILES string of the molecule is COc1ccc(-c2csc3nc(C)nc(NCCc4nc5ccccc5[nH]4)c23)cc1. The van der Waals surface area contributed by atoms with Crippen molar-refractivity contribution < 1.29 is 4.74 Å². The molecule has 0 aliphatic carbocycles. The maximum Gasteiger partial charge on any atom is 0.139 e. The number of imidazole rings is 1. The molecule has 0 saturated carbocycles. The van der Waals surface area contributed by atoms with Crippen molar-refractivity contribution in [3.05, 3.63) is 65.6 Å². The molecular weight excluding hydrogens is 394 g/mol. The van der Waals surface area contributed by atoms with E-state index in [9.17, 15) is 0 Å². The van der Waals surface area contributed by atoms with Gasteiger partial charge in [-0.3, -0.25) is 0 Å². The summed E-state index contributed by atoms with van der Waals surface area (Å²) >= 11 is 1.64. The van der Waals surface area contributed by atoms with Gasteiger partial charge in [0.1, 0.15) is 28.0 Å². The van der Waals surface area contributed by atoms with Crippen LogP contribution in [0.25, 0.3) is 32.4 Å². The van der Waals surface area contributed by atoms with Crippen LogP contribution in [0.3, 0.4) is 0 Å². The molecule has 2 aromatic carbocycles. The number of aromatic nitrogens is 4. The number of methoxy groups -OCH3 is 1. The average Bonchev–Trinajstić information content (AvgIpc) is 3.37. The fourth-order valence-electron chi connectivity index (χ4n) is 3.58. The molecule has 7 heteroatoms. The molecule has 150 valence electrons. The minimum absolute atomic E-state index is 0.725. The van der Waals surface area contributed by atoms with Crippen LogP contribution in [0.5, 0.6) is 5.75 Å². The topological polar surface area (TPSA) is 75.7 Å². The molecule has 0 radical (unpaired) electrons. The van der Waals surface area contributed by atoms with E-state index in [1.807, 2.05) is 43.3 Å². The van der Waals surface area contributed by atoms with Crippen LogP contribution in [0.2, 0.25) is 0 Å². The number of hydrogen-bond acceptors (Lipinski definition) is 6. The van der Waals surface area contributed by atoms with Crippen molar-refractivity contribution in [3.63, 3.8) is 0 Å². The Morgan fingerprint density at radius 3 is 2.67 bits per heavy atom. The summed E-state index contributed by atoms with van der Waals surface area (Å²) in [6.07, 6.45) is 0.779. The Kier molecular flexibility index (Phi) is 4.80. The molecule has 0 saturated heterocycles. The lowest BCUT2D eigenvalue weighted by atomic mass is 10.1. The summed E-state index contributed by atoms with van der Waals surface area (Å²) < 4.78 is 5.29. The van der Waals surface area contributed by atoms with E-state index in [2.05, 4.69) is 37.8 Å². The first kappa shape index (κ1) is 18.6. The highest BCUT2D eigenvalue weighted by Gasteiger charge is 2.14. The molecule has 5 rings (SSSR count). The van der Waals surface area contributed by atoms with Gasteiger partial charge in [0.2, 0.25) is 0 Å². The number of aryl methyl sites for hydroxylation is 1. The Bertz CT molecular complexity index is 1290. The van der Waals surface area contributed by atoms with Crippen molar-refractivity contribution in [2.45, 2.75) is 13.3 Å². The smallest absolute Gasteiger partial charge is 0.139 e. The fraction of sp³-hybridized carbons (Fsp3) is 0.174. The molecule has 0 atom stereocenters. The largest absolute Gasteiger partial charge is 0.497 e. The van der Waals surface area contributed by atoms with Gasteiger partial charge in [0.25, 0.3) is 0 Å². The van der Waals surface area contributed by atoms with Gasteiger partial charge < -0.3 is 15.0 Å².